The summed E-state index contributed by atoms with van der Waals surface area (Å²) in [5.41, 5.74) is 3.58. The third-order valence-corrected chi connectivity index (χ3v) is 5.52. The molecular weight excluding hydrogens is 384 g/mol. The number of anilines is 2. The van der Waals surface area contributed by atoms with Crippen molar-refractivity contribution in [2.75, 3.05) is 10.6 Å². The minimum absolute atomic E-state index is 0.279. The maximum atomic E-state index is 12.1. The van der Waals surface area contributed by atoms with Crippen molar-refractivity contribution in [2.45, 2.75) is 30.2 Å². The van der Waals surface area contributed by atoms with Crippen LogP contribution in [0.15, 0.2) is 70.8 Å². The number of benzene rings is 2. The Labute approximate surface area is 172 Å². The molecular formula is C21H20N6OS. The lowest BCUT2D eigenvalue weighted by molar-refractivity contribution is 0.262. The number of hydrogen-bond acceptors (Lipinski definition) is 5. The molecule has 0 radical (unpaired) electrons. The van der Waals surface area contributed by atoms with Gasteiger partial charge in [0.1, 0.15) is 11.4 Å². The molecule has 0 saturated carbocycles. The van der Waals surface area contributed by atoms with Gasteiger partial charge in [-0.2, -0.15) is 14.6 Å². The Morgan fingerprint density at radius 1 is 1.03 bits per heavy atom. The smallest absolute Gasteiger partial charge is 0.308 e. The highest BCUT2D eigenvalue weighted by molar-refractivity contribution is 7.99. The van der Waals surface area contributed by atoms with Crippen molar-refractivity contribution in [3.63, 3.8) is 0 Å². The Kier molecular flexibility index (Phi) is 5.44. The lowest BCUT2D eigenvalue weighted by atomic mass is 10.2. The molecule has 146 valence electrons. The van der Waals surface area contributed by atoms with Crippen LogP contribution in [0.2, 0.25) is 0 Å². The van der Waals surface area contributed by atoms with Gasteiger partial charge in [-0.3, -0.25) is 0 Å². The highest BCUT2D eigenvalue weighted by Crippen LogP contribution is 2.32. The van der Waals surface area contributed by atoms with E-state index in [4.69, 9.17) is 0 Å². The van der Waals surface area contributed by atoms with Gasteiger partial charge in [0.15, 0.2) is 0 Å². The number of carbonyl (C=O) groups excluding carboxylic acids is 1. The van der Waals surface area contributed by atoms with E-state index in [1.54, 1.807) is 16.3 Å². The molecule has 0 bridgehead atoms. The second-order valence-electron chi connectivity index (χ2n) is 6.38. The van der Waals surface area contributed by atoms with Crippen LogP contribution in [-0.4, -0.2) is 25.6 Å². The van der Waals surface area contributed by atoms with Crippen molar-refractivity contribution in [3.05, 3.63) is 72.2 Å². The Hall–Kier alpha value is -3.39. The normalized spacial score (nSPS) is 10.8. The van der Waals surface area contributed by atoms with Crippen molar-refractivity contribution in [3.8, 4) is 0 Å². The van der Waals surface area contributed by atoms with Crippen LogP contribution in [0.3, 0.4) is 0 Å². The fourth-order valence-corrected chi connectivity index (χ4v) is 4.13. The van der Waals surface area contributed by atoms with Crippen molar-refractivity contribution in [1.29, 1.82) is 0 Å². The van der Waals surface area contributed by atoms with Crippen LogP contribution >= 0.6 is 11.8 Å². The molecule has 2 aromatic heterocycles. The summed E-state index contributed by atoms with van der Waals surface area (Å²) in [6, 6.07) is 16.8. The standard InChI is InChI=1S/C21H20N6OS/c1-3-18-14(2)24-20-22-13-23-27(20)19(18)29-17-11-9-16(10-12-17)26-21(28)25-15-7-5-4-6-8-15/h4-13H,3H2,1-2H3,(H2,25,26,28). The van der Waals surface area contributed by atoms with Gasteiger partial charge in [-0.15, -0.1) is 0 Å². The van der Waals surface area contributed by atoms with Crippen molar-refractivity contribution < 1.29 is 4.79 Å². The number of rotatable bonds is 5. The molecule has 2 heterocycles. The average Bonchev–Trinajstić information content (AvgIpc) is 3.18. The van der Waals surface area contributed by atoms with Gasteiger partial charge in [0.25, 0.3) is 5.78 Å². The van der Waals surface area contributed by atoms with Crippen LogP contribution < -0.4 is 10.6 Å². The molecule has 2 N–H and O–H groups in total. The largest absolute Gasteiger partial charge is 0.323 e. The molecule has 8 heteroatoms. The Bertz CT molecular complexity index is 1140. The quantitative estimate of drug-likeness (QED) is 0.467. The number of aromatic nitrogens is 4. The molecule has 0 aliphatic rings. The van der Waals surface area contributed by atoms with Crippen molar-refractivity contribution in [2.24, 2.45) is 0 Å². The summed E-state index contributed by atoms with van der Waals surface area (Å²) in [4.78, 5) is 21.9. The highest BCUT2D eigenvalue weighted by atomic mass is 32.2. The fraction of sp³-hybridized carbons (Fsp3) is 0.143. The van der Waals surface area contributed by atoms with E-state index in [1.165, 1.54) is 6.33 Å². The molecule has 0 aliphatic carbocycles. The molecule has 0 saturated heterocycles. The number of urea groups is 1. The number of nitrogens with one attached hydrogen (secondary N) is 2. The first-order chi connectivity index (χ1) is 14.1. The minimum atomic E-state index is -0.279. The molecule has 0 unspecified atom stereocenters. The second kappa shape index (κ2) is 8.32. The Balaban J connectivity index is 1.50. The molecule has 29 heavy (non-hydrogen) atoms. The number of aryl methyl sites for hydroxylation is 1. The van der Waals surface area contributed by atoms with E-state index < -0.39 is 0 Å². The van der Waals surface area contributed by atoms with Crippen molar-refractivity contribution in [1.82, 2.24) is 19.6 Å². The lowest BCUT2D eigenvalue weighted by Gasteiger charge is -2.12. The fourth-order valence-electron chi connectivity index (χ4n) is 3.00. The lowest BCUT2D eigenvalue weighted by Crippen LogP contribution is -2.19. The summed E-state index contributed by atoms with van der Waals surface area (Å²) in [5.74, 6) is 0.595. The summed E-state index contributed by atoms with van der Waals surface area (Å²) in [7, 11) is 0. The first-order valence-electron chi connectivity index (χ1n) is 9.24. The first kappa shape index (κ1) is 18.9. The molecule has 0 aliphatic heterocycles. The van der Waals surface area contributed by atoms with Gasteiger partial charge in [-0.1, -0.05) is 36.9 Å². The number of amides is 2. The summed E-state index contributed by atoms with van der Waals surface area (Å²) in [6.45, 7) is 4.10. The first-order valence-corrected chi connectivity index (χ1v) is 10.1. The number of carbonyl (C=O) groups is 1. The van der Waals surface area contributed by atoms with Crippen LogP contribution in [0.25, 0.3) is 5.78 Å². The van der Waals surface area contributed by atoms with Crippen LogP contribution in [0.1, 0.15) is 18.2 Å². The third-order valence-electron chi connectivity index (χ3n) is 4.40. The number of para-hydroxylation sites is 1. The van der Waals surface area contributed by atoms with Crippen LogP contribution in [0.4, 0.5) is 16.2 Å². The van der Waals surface area contributed by atoms with Crippen LogP contribution in [-0.2, 0) is 6.42 Å². The topological polar surface area (TPSA) is 84.2 Å². The Morgan fingerprint density at radius 2 is 1.72 bits per heavy atom. The van der Waals surface area contributed by atoms with Gasteiger partial charge in [0.05, 0.1) is 0 Å². The molecule has 0 fully saturated rings. The second-order valence-corrected chi connectivity index (χ2v) is 7.44. The van der Waals surface area contributed by atoms with E-state index in [-0.39, 0.29) is 6.03 Å². The molecule has 2 aromatic carbocycles. The van der Waals surface area contributed by atoms with Gasteiger partial charge in [-0.25, -0.2) is 9.78 Å². The predicted molar refractivity (Wildman–Crippen MR) is 115 cm³/mol. The van der Waals surface area contributed by atoms with Crippen LogP contribution in [0, 0.1) is 6.92 Å². The number of fused-ring (bicyclic) bond motifs is 1. The van der Waals surface area contributed by atoms with Crippen LogP contribution in [0.5, 0.6) is 0 Å². The number of nitrogens with zero attached hydrogens (tertiary/aromatic N) is 4. The zero-order valence-corrected chi connectivity index (χ0v) is 16.9. The number of hydrogen-bond donors (Lipinski definition) is 2. The zero-order chi connectivity index (χ0) is 20.2. The van der Waals surface area contributed by atoms with E-state index in [9.17, 15) is 4.79 Å². The average molecular weight is 404 g/mol. The van der Waals surface area contributed by atoms with Gasteiger partial charge in [0.2, 0.25) is 0 Å². The third kappa shape index (κ3) is 4.22. The summed E-state index contributed by atoms with van der Waals surface area (Å²) in [5, 5.41) is 11.0. The molecule has 0 atom stereocenters. The van der Waals surface area contributed by atoms with Crippen molar-refractivity contribution >= 4 is 34.9 Å². The maximum Gasteiger partial charge on any atom is 0.323 e. The zero-order valence-electron chi connectivity index (χ0n) is 16.1. The molecule has 0 spiro atoms. The SMILES string of the molecule is CCc1c(C)nc2ncnn2c1Sc1ccc(NC(=O)Nc2ccccc2)cc1. The van der Waals surface area contributed by atoms with Gasteiger partial charge in [-0.05, 0) is 49.7 Å². The Morgan fingerprint density at radius 3 is 2.41 bits per heavy atom. The van der Waals surface area contributed by atoms with E-state index in [2.05, 4.69) is 32.6 Å². The van der Waals surface area contributed by atoms with Gasteiger partial charge >= 0.3 is 6.03 Å². The summed E-state index contributed by atoms with van der Waals surface area (Å²) in [6.07, 6.45) is 2.37. The predicted octanol–water partition coefficient (Wildman–Crippen LogP) is 4.79. The molecule has 4 aromatic rings. The van der Waals surface area contributed by atoms with E-state index in [0.717, 1.165) is 39.0 Å². The molecule has 4 rings (SSSR count). The van der Waals surface area contributed by atoms with Gasteiger partial charge < -0.3 is 10.6 Å². The molecule has 2 amide bonds. The summed E-state index contributed by atoms with van der Waals surface area (Å²) >= 11 is 1.61. The minimum Gasteiger partial charge on any atom is -0.308 e. The van der Waals surface area contributed by atoms with Gasteiger partial charge in [0, 0.05) is 27.5 Å². The molecule has 7 nitrogen and oxygen atoms in total. The monoisotopic (exact) mass is 404 g/mol. The maximum absolute atomic E-state index is 12.1. The highest BCUT2D eigenvalue weighted by Gasteiger charge is 2.14. The van der Waals surface area contributed by atoms with E-state index in [1.807, 2.05) is 61.5 Å². The van der Waals surface area contributed by atoms with E-state index in [0.29, 0.717) is 5.78 Å². The van der Waals surface area contributed by atoms with E-state index >= 15 is 0 Å². The summed E-state index contributed by atoms with van der Waals surface area (Å²) < 4.78 is 1.77.